The molecule has 0 spiro atoms. The number of nitrogens with two attached hydrogens (primary N) is 1. The first-order valence-corrected chi connectivity index (χ1v) is 6.90. The van der Waals surface area contributed by atoms with Gasteiger partial charge in [0.2, 0.25) is 0 Å². The Morgan fingerprint density at radius 1 is 1.24 bits per heavy atom. The van der Waals surface area contributed by atoms with Crippen molar-refractivity contribution in [3.63, 3.8) is 0 Å². The second-order valence-corrected chi connectivity index (χ2v) is 6.01. The molecule has 3 rings (SSSR count). The summed E-state index contributed by atoms with van der Waals surface area (Å²) in [6.07, 6.45) is 3.27. The first-order chi connectivity index (χ1) is 8.22. The number of aliphatic imine (C=N–C) groups is 1. The van der Waals surface area contributed by atoms with Gasteiger partial charge in [-0.15, -0.1) is 11.8 Å². The van der Waals surface area contributed by atoms with Gasteiger partial charge >= 0.3 is 0 Å². The van der Waals surface area contributed by atoms with Gasteiger partial charge < -0.3 is 10.8 Å². The number of nitrogens with zero attached hydrogens (tertiary/aromatic N) is 1. The van der Waals surface area contributed by atoms with Gasteiger partial charge in [0.1, 0.15) is 5.75 Å². The van der Waals surface area contributed by atoms with Gasteiger partial charge in [0.15, 0.2) is 0 Å². The van der Waals surface area contributed by atoms with E-state index in [-0.39, 0.29) is 0 Å². The fourth-order valence-electron chi connectivity index (χ4n) is 2.49. The Balaban J connectivity index is 1.80. The number of phenols is 1. The summed E-state index contributed by atoms with van der Waals surface area (Å²) >= 11 is 1.85. The quantitative estimate of drug-likeness (QED) is 0.800. The Hall–Kier alpha value is -1.00. The minimum Gasteiger partial charge on any atom is -0.508 e. The Kier molecular flexibility index (Phi) is 2.84. The van der Waals surface area contributed by atoms with Crippen LogP contribution < -0.4 is 5.73 Å². The lowest BCUT2D eigenvalue weighted by molar-refractivity contribution is 0.412. The van der Waals surface area contributed by atoms with Crippen molar-refractivity contribution in [3.8, 4) is 5.75 Å². The highest BCUT2D eigenvalue weighted by molar-refractivity contribution is 8.15. The third-order valence-corrected chi connectivity index (χ3v) is 4.83. The van der Waals surface area contributed by atoms with Crippen molar-refractivity contribution in [1.29, 1.82) is 0 Å². The van der Waals surface area contributed by atoms with E-state index in [1.165, 1.54) is 0 Å². The first kappa shape index (κ1) is 11.1. The van der Waals surface area contributed by atoms with Gasteiger partial charge in [-0.05, 0) is 43.5 Å². The number of thioether (sulfide) groups is 1. The molecule has 17 heavy (non-hydrogen) atoms. The average molecular weight is 248 g/mol. The normalized spacial score (nSPS) is 32.1. The van der Waals surface area contributed by atoms with E-state index < -0.39 is 0 Å². The van der Waals surface area contributed by atoms with Gasteiger partial charge in [-0.25, -0.2) is 0 Å². The molecule has 1 saturated carbocycles. The maximum absolute atomic E-state index is 9.28. The molecule has 1 heterocycles. The summed E-state index contributed by atoms with van der Waals surface area (Å²) in [5, 5.41) is 10.9. The third-order valence-electron chi connectivity index (χ3n) is 3.46. The van der Waals surface area contributed by atoms with E-state index in [1.54, 1.807) is 12.1 Å². The summed E-state index contributed by atoms with van der Waals surface area (Å²) in [7, 11) is 0. The maximum atomic E-state index is 9.28. The van der Waals surface area contributed by atoms with Crippen LogP contribution in [0, 0.1) is 0 Å². The van der Waals surface area contributed by atoms with Crippen LogP contribution in [0.1, 0.15) is 24.8 Å². The van der Waals surface area contributed by atoms with E-state index in [0.717, 1.165) is 29.9 Å². The highest BCUT2D eigenvalue weighted by Gasteiger charge is 2.35. The fourth-order valence-corrected chi connectivity index (χ4v) is 3.94. The zero-order valence-corrected chi connectivity index (χ0v) is 10.4. The summed E-state index contributed by atoms with van der Waals surface area (Å²) in [5.41, 5.74) is 7.10. The SMILES string of the molecule is NC1CCC2N=C(c3ccc(O)cc3)SC2C1. The molecular weight excluding hydrogens is 232 g/mol. The number of hydrogen-bond acceptors (Lipinski definition) is 4. The molecule has 3 N–H and O–H groups in total. The van der Waals surface area contributed by atoms with Gasteiger partial charge in [0.05, 0.1) is 11.1 Å². The van der Waals surface area contributed by atoms with Crippen LogP contribution in [0.3, 0.4) is 0 Å². The molecule has 1 aromatic rings. The molecule has 4 heteroatoms. The number of benzene rings is 1. The molecule has 0 radical (unpaired) electrons. The number of rotatable bonds is 1. The van der Waals surface area contributed by atoms with Crippen molar-refractivity contribution in [3.05, 3.63) is 29.8 Å². The molecule has 3 unspecified atom stereocenters. The van der Waals surface area contributed by atoms with E-state index in [4.69, 9.17) is 10.7 Å². The summed E-state index contributed by atoms with van der Waals surface area (Å²) in [6, 6.07) is 8.08. The average Bonchev–Trinajstić information content (AvgIpc) is 2.72. The number of hydrogen-bond donors (Lipinski definition) is 2. The molecular formula is C13H16N2OS. The van der Waals surface area contributed by atoms with Crippen LogP contribution in [-0.4, -0.2) is 27.5 Å². The van der Waals surface area contributed by atoms with Crippen LogP contribution in [0.15, 0.2) is 29.3 Å². The van der Waals surface area contributed by atoms with Crippen molar-refractivity contribution >= 4 is 16.8 Å². The van der Waals surface area contributed by atoms with Crippen molar-refractivity contribution in [2.75, 3.05) is 0 Å². The van der Waals surface area contributed by atoms with Gasteiger partial charge in [0, 0.05) is 16.9 Å². The topological polar surface area (TPSA) is 58.6 Å². The monoisotopic (exact) mass is 248 g/mol. The van der Waals surface area contributed by atoms with E-state index in [0.29, 0.717) is 23.1 Å². The summed E-state index contributed by atoms with van der Waals surface area (Å²) in [4.78, 5) is 4.79. The molecule has 2 aliphatic rings. The fraction of sp³-hybridized carbons (Fsp3) is 0.462. The van der Waals surface area contributed by atoms with Crippen molar-refractivity contribution in [2.24, 2.45) is 10.7 Å². The Morgan fingerprint density at radius 2 is 2.00 bits per heavy atom. The van der Waals surface area contributed by atoms with Crippen molar-refractivity contribution in [1.82, 2.24) is 0 Å². The van der Waals surface area contributed by atoms with Crippen LogP contribution in [0.5, 0.6) is 5.75 Å². The van der Waals surface area contributed by atoms with E-state index in [1.807, 2.05) is 23.9 Å². The molecule has 1 aliphatic heterocycles. The largest absolute Gasteiger partial charge is 0.508 e. The van der Waals surface area contributed by atoms with Crippen LogP contribution in [0.4, 0.5) is 0 Å². The number of phenolic OH excluding ortho intramolecular Hbond substituents is 1. The van der Waals surface area contributed by atoms with Gasteiger partial charge in [-0.1, -0.05) is 0 Å². The second-order valence-electron chi connectivity index (χ2n) is 4.78. The number of aromatic hydroxyl groups is 1. The Morgan fingerprint density at radius 3 is 2.76 bits per heavy atom. The minimum atomic E-state index is 0.303. The third kappa shape index (κ3) is 2.19. The molecule has 1 fully saturated rings. The Bertz CT molecular complexity index is 443. The highest BCUT2D eigenvalue weighted by atomic mass is 32.2. The lowest BCUT2D eigenvalue weighted by Gasteiger charge is -2.27. The minimum absolute atomic E-state index is 0.303. The molecule has 90 valence electrons. The van der Waals surface area contributed by atoms with Gasteiger partial charge in [-0.2, -0.15) is 0 Å². The molecule has 0 saturated heterocycles. The van der Waals surface area contributed by atoms with Gasteiger partial charge in [0.25, 0.3) is 0 Å². The van der Waals surface area contributed by atoms with Crippen LogP contribution in [-0.2, 0) is 0 Å². The summed E-state index contributed by atoms with van der Waals surface area (Å²) in [6.45, 7) is 0. The predicted molar refractivity (Wildman–Crippen MR) is 71.6 cm³/mol. The molecule has 3 atom stereocenters. The maximum Gasteiger partial charge on any atom is 0.115 e. The predicted octanol–water partition coefficient (Wildman–Crippen LogP) is 2.13. The van der Waals surface area contributed by atoms with E-state index in [2.05, 4.69) is 0 Å². The summed E-state index contributed by atoms with van der Waals surface area (Å²) in [5.74, 6) is 0.303. The zero-order chi connectivity index (χ0) is 11.8. The van der Waals surface area contributed by atoms with Crippen molar-refractivity contribution in [2.45, 2.75) is 36.6 Å². The number of fused-ring (bicyclic) bond motifs is 1. The second kappa shape index (κ2) is 4.35. The van der Waals surface area contributed by atoms with Crippen LogP contribution in [0.25, 0.3) is 0 Å². The van der Waals surface area contributed by atoms with E-state index in [9.17, 15) is 5.11 Å². The lowest BCUT2D eigenvalue weighted by atomic mass is 9.92. The molecule has 0 amide bonds. The summed E-state index contributed by atoms with van der Waals surface area (Å²) < 4.78 is 0. The molecule has 3 nitrogen and oxygen atoms in total. The zero-order valence-electron chi connectivity index (χ0n) is 9.54. The molecule has 1 aliphatic carbocycles. The molecule has 1 aromatic carbocycles. The van der Waals surface area contributed by atoms with Gasteiger partial charge in [-0.3, -0.25) is 4.99 Å². The standard InChI is InChI=1S/C13H16N2OS/c14-9-3-6-11-12(7-9)17-13(15-11)8-1-4-10(16)5-2-8/h1-2,4-5,9,11-12,16H,3,6-7,14H2. The van der Waals surface area contributed by atoms with Crippen molar-refractivity contribution < 1.29 is 5.11 Å². The molecule has 0 bridgehead atoms. The molecule has 0 aromatic heterocycles. The lowest BCUT2D eigenvalue weighted by Crippen LogP contribution is -2.35. The highest BCUT2D eigenvalue weighted by Crippen LogP contribution is 2.38. The van der Waals surface area contributed by atoms with Crippen LogP contribution >= 0.6 is 11.8 Å². The smallest absolute Gasteiger partial charge is 0.115 e. The van der Waals surface area contributed by atoms with E-state index >= 15 is 0 Å². The van der Waals surface area contributed by atoms with Crippen LogP contribution in [0.2, 0.25) is 0 Å². The Labute approximate surface area is 105 Å². The first-order valence-electron chi connectivity index (χ1n) is 6.02.